The maximum absolute atomic E-state index is 5.94. The van der Waals surface area contributed by atoms with Crippen molar-refractivity contribution in [2.75, 3.05) is 0 Å². The molecule has 2 nitrogen and oxygen atoms in total. The summed E-state index contributed by atoms with van der Waals surface area (Å²) < 4.78 is 6.12. The molecule has 1 rings (SSSR count). The third kappa shape index (κ3) is 3.53. The maximum atomic E-state index is 5.94. The molecule has 0 aliphatic heterocycles. The molecule has 0 saturated heterocycles. The summed E-state index contributed by atoms with van der Waals surface area (Å²) in [5.74, 6) is 1.57. The van der Waals surface area contributed by atoms with E-state index in [0.29, 0.717) is 5.92 Å². The summed E-state index contributed by atoms with van der Waals surface area (Å²) in [6.45, 7) is 4.40. The lowest BCUT2D eigenvalue weighted by molar-refractivity contribution is 0.414. The highest BCUT2D eigenvalue weighted by Gasteiger charge is 2.10. The average Bonchev–Trinajstić information content (AvgIpc) is 2.47. The Morgan fingerprint density at radius 3 is 2.54 bits per heavy atom. The number of furan rings is 1. The first-order valence-corrected chi connectivity index (χ1v) is 5.39. The van der Waals surface area contributed by atoms with Crippen LogP contribution in [-0.2, 0) is 0 Å². The van der Waals surface area contributed by atoms with Gasteiger partial charge in [-0.3, -0.25) is 0 Å². The zero-order valence-electron chi connectivity index (χ0n) is 8.09. The van der Waals surface area contributed by atoms with Crippen LogP contribution in [-0.4, -0.2) is 0 Å². The monoisotopic (exact) mass is 245 g/mol. The van der Waals surface area contributed by atoms with E-state index in [0.717, 1.165) is 23.3 Å². The van der Waals surface area contributed by atoms with E-state index in [1.807, 2.05) is 12.1 Å². The SMILES string of the molecule is CC(C)CC[C@@H](N)c1ccc(Br)o1. The minimum absolute atomic E-state index is 0.0358. The van der Waals surface area contributed by atoms with Gasteiger partial charge in [0.1, 0.15) is 5.76 Å². The van der Waals surface area contributed by atoms with Gasteiger partial charge in [-0.25, -0.2) is 0 Å². The second-order valence-corrected chi connectivity index (χ2v) is 4.50. The largest absolute Gasteiger partial charge is 0.453 e. The van der Waals surface area contributed by atoms with Gasteiger partial charge in [0, 0.05) is 0 Å². The molecule has 0 radical (unpaired) electrons. The first kappa shape index (κ1) is 10.8. The van der Waals surface area contributed by atoms with E-state index < -0.39 is 0 Å². The molecule has 0 aliphatic rings. The standard InChI is InChI=1S/C10H16BrNO/c1-7(2)3-4-8(12)9-5-6-10(11)13-9/h5-8H,3-4,12H2,1-2H3/t8-/m1/s1. The van der Waals surface area contributed by atoms with E-state index >= 15 is 0 Å². The van der Waals surface area contributed by atoms with Crippen LogP contribution in [0.4, 0.5) is 0 Å². The number of hydrogen-bond donors (Lipinski definition) is 1. The van der Waals surface area contributed by atoms with E-state index in [9.17, 15) is 0 Å². The Labute approximate surface area is 87.6 Å². The fourth-order valence-electron chi connectivity index (χ4n) is 1.18. The number of rotatable bonds is 4. The van der Waals surface area contributed by atoms with E-state index in [1.54, 1.807) is 0 Å². The molecule has 2 N–H and O–H groups in total. The predicted molar refractivity (Wildman–Crippen MR) is 57.4 cm³/mol. The Balaban J connectivity index is 2.44. The molecule has 1 heterocycles. The Morgan fingerprint density at radius 1 is 1.38 bits per heavy atom. The fraction of sp³-hybridized carbons (Fsp3) is 0.600. The molecule has 1 atom stereocenters. The van der Waals surface area contributed by atoms with E-state index in [2.05, 4.69) is 29.8 Å². The van der Waals surface area contributed by atoms with Crippen LogP contribution in [0.5, 0.6) is 0 Å². The van der Waals surface area contributed by atoms with Gasteiger partial charge in [-0.2, -0.15) is 0 Å². The van der Waals surface area contributed by atoms with Crippen LogP contribution in [0.3, 0.4) is 0 Å². The summed E-state index contributed by atoms with van der Waals surface area (Å²) in [7, 11) is 0. The average molecular weight is 246 g/mol. The molecular weight excluding hydrogens is 230 g/mol. The highest BCUT2D eigenvalue weighted by atomic mass is 79.9. The minimum atomic E-state index is 0.0358. The predicted octanol–water partition coefficient (Wildman–Crippen LogP) is 3.48. The van der Waals surface area contributed by atoms with Gasteiger partial charge in [0.25, 0.3) is 0 Å². The van der Waals surface area contributed by atoms with Crippen molar-refractivity contribution in [2.45, 2.75) is 32.7 Å². The second-order valence-electron chi connectivity index (χ2n) is 3.72. The summed E-state index contributed by atoms with van der Waals surface area (Å²) in [6.07, 6.45) is 2.12. The number of nitrogens with two attached hydrogens (primary N) is 1. The van der Waals surface area contributed by atoms with Crippen molar-refractivity contribution in [3.05, 3.63) is 22.6 Å². The highest BCUT2D eigenvalue weighted by molar-refractivity contribution is 9.10. The smallest absolute Gasteiger partial charge is 0.169 e. The molecule has 0 spiro atoms. The van der Waals surface area contributed by atoms with Crippen molar-refractivity contribution in [1.82, 2.24) is 0 Å². The van der Waals surface area contributed by atoms with Crippen molar-refractivity contribution >= 4 is 15.9 Å². The summed E-state index contributed by atoms with van der Waals surface area (Å²) in [4.78, 5) is 0. The molecule has 0 aromatic carbocycles. The Morgan fingerprint density at radius 2 is 2.08 bits per heavy atom. The van der Waals surface area contributed by atoms with Gasteiger partial charge >= 0.3 is 0 Å². The molecule has 3 heteroatoms. The molecule has 0 saturated carbocycles. The molecule has 1 aromatic rings. The van der Waals surface area contributed by atoms with Gasteiger partial charge in [-0.15, -0.1) is 0 Å². The fourth-order valence-corrected chi connectivity index (χ4v) is 1.50. The van der Waals surface area contributed by atoms with Crippen LogP contribution in [0.15, 0.2) is 21.2 Å². The zero-order valence-corrected chi connectivity index (χ0v) is 9.67. The molecule has 13 heavy (non-hydrogen) atoms. The second kappa shape index (κ2) is 4.82. The Hall–Kier alpha value is -0.280. The van der Waals surface area contributed by atoms with Crippen LogP contribution >= 0.6 is 15.9 Å². The molecule has 74 valence electrons. The van der Waals surface area contributed by atoms with Gasteiger partial charge < -0.3 is 10.2 Å². The van der Waals surface area contributed by atoms with Crippen molar-refractivity contribution in [2.24, 2.45) is 11.7 Å². The number of halogens is 1. The highest BCUT2D eigenvalue weighted by Crippen LogP contribution is 2.23. The summed E-state index contributed by atoms with van der Waals surface area (Å²) in [5, 5.41) is 0. The molecule has 1 aromatic heterocycles. The van der Waals surface area contributed by atoms with E-state index in [1.165, 1.54) is 0 Å². The summed E-state index contributed by atoms with van der Waals surface area (Å²) >= 11 is 3.26. The Bertz CT molecular complexity index is 257. The van der Waals surface area contributed by atoms with E-state index in [4.69, 9.17) is 10.2 Å². The van der Waals surface area contributed by atoms with Gasteiger partial charge in [0.05, 0.1) is 6.04 Å². The lowest BCUT2D eigenvalue weighted by Crippen LogP contribution is -2.10. The van der Waals surface area contributed by atoms with Gasteiger partial charge in [-0.1, -0.05) is 13.8 Å². The van der Waals surface area contributed by atoms with Crippen LogP contribution < -0.4 is 5.73 Å². The van der Waals surface area contributed by atoms with Gasteiger partial charge in [0.2, 0.25) is 0 Å². The maximum Gasteiger partial charge on any atom is 0.169 e. The van der Waals surface area contributed by atoms with Gasteiger partial charge in [0.15, 0.2) is 4.67 Å². The summed E-state index contributed by atoms with van der Waals surface area (Å²) in [6, 6.07) is 3.84. The van der Waals surface area contributed by atoms with Crippen LogP contribution in [0, 0.1) is 5.92 Å². The third-order valence-electron chi connectivity index (χ3n) is 2.01. The van der Waals surface area contributed by atoms with Crippen LogP contribution in [0.25, 0.3) is 0 Å². The molecular formula is C10H16BrNO. The zero-order chi connectivity index (χ0) is 9.84. The lowest BCUT2D eigenvalue weighted by atomic mass is 10.0. The topological polar surface area (TPSA) is 39.2 Å². The first-order chi connectivity index (χ1) is 6.09. The summed E-state index contributed by atoms with van der Waals surface area (Å²) in [5.41, 5.74) is 5.94. The van der Waals surface area contributed by atoms with Crippen molar-refractivity contribution in [3.63, 3.8) is 0 Å². The first-order valence-electron chi connectivity index (χ1n) is 4.60. The van der Waals surface area contributed by atoms with Crippen molar-refractivity contribution in [1.29, 1.82) is 0 Å². The van der Waals surface area contributed by atoms with Crippen molar-refractivity contribution < 1.29 is 4.42 Å². The number of hydrogen-bond acceptors (Lipinski definition) is 2. The van der Waals surface area contributed by atoms with Crippen molar-refractivity contribution in [3.8, 4) is 0 Å². The molecule has 0 amide bonds. The van der Waals surface area contributed by atoms with Gasteiger partial charge in [-0.05, 0) is 46.8 Å². The lowest BCUT2D eigenvalue weighted by Gasteiger charge is -2.09. The van der Waals surface area contributed by atoms with Crippen LogP contribution in [0.1, 0.15) is 38.5 Å². The molecule has 0 bridgehead atoms. The third-order valence-corrected chi connectivity index (χ3v) is 2.44. The normalized spacial score (nSPS) is 13.6. The quantitative estimate of drug-likeness (QED) is 0.883. The molecule has 0 unspecified atom stereocenters. The van der Waals surface area contributed by atoms with E-state index in [-0.39, 0.29) is 6.04 Å². The molecule has 0 fully saturated rings. The molecule has 0 aliphatic carbocycles. The Kier molecular flexibility index (Phi) is 4.00. The minimum Gasteiger partial charge on any atom is -0.453 e. The van der Waals surface area contributed by atoms with Crippen LogP contribution in [0.2, 0.25) is 0 Å².